The van der Waals surface area contributed by atoms with Gasteiger partial charge in [0, 0.05) is 6.54 Å². The van der Waals surface area contributed by atoms with Crippen LogP contribution in [0.5, 0.6) is 0 Å². The fourth-order valence-electron chi connectivity index (χ4n) is 1.37. The second-order valence-corrected chi connectivity index (χ2v) is 3.91. The van der Waals surface area contributed by atoms with E-state index >= 15 is 0 Å². The Bertz CT molecular complexity index is 414. The van der Waals surface area contributed by atoms with Crippen molar-refractivity contribution in [1.29, 1.82) is 0 Å². The third kappa shape index (κ3) is 6.96. The normalized spacial score (nSPS) is 10.9. The first-order valence-corrected chi connectivity index (χ1v) is 5.91. The van der Waals surface area contributed by atoms with Gasteiger partial charge in [-0.1, -0.05) is 30.3 Å². The second kappa shape index (κ2) is 10.1. The highest BCUT2D eigenvalue weighted by Gasteiger charge is 2.13. The molecule has 0 saturated heterocycles. The van der Waals surface area contributed by atoms with Crippen molar-refractivity contribution in [2.75, 3.05) is 13.7 Å². The Balaban J connectivity index is 0.00000361. The van der Waals surface area contributed by atoms with E-state index in [2.05, 4.69) is 10.1 Å². The van der Waals surface area contributed by atoms with E-state index in [-0.39, 0.29) is 25.6 Å². The van der Waals surface area contributed by atoms with Gasteiger partial charge in [0.1, 0.15) is 12.6 Å². The van der Waals surface area contributed by atoms with Crippen LogP contribution in [0.15, 0.2) is 30.3 Å². The lowest BCUT2D eigenvalue weighted by Gasteiger charge is -2.10. The van der Waals surface area contributed by atoms with E-state index in [9.17, 15) is 9.59 Å². The maximum absolute atomic E-state index is 11.3. The molecule has 0 spiro atoms. The van der Waals surface area contributed by atoms with Crippen molar-refractivity contribution in [1.82, 2.24) is 5.32 Å². The van der Waals surface area contributed by atoms with Gasteiger partial charge >= 0.3 is 12.1 Å². The number of rotatable bonds is 6. The first-order chi connectivity index (χ1) is 9.13. The molecule has 3 N–H and O–H groups in total. The largest absolute Gasteiger partial charge is 0.468 e. The van der Waals surface area contributed by atoms with E-state index in [4.69, 9.17) is 10.5 Å². The van der Waals surface area contributed by atoms with Crippen LogP contribution in [0.25, 0.3) is 0 Å². The number of hydrogen-bond donors (Lipinski definition) is 2. The molecule has 7 heteroatoms. The van der Waals surface area contributed by atoms with Crippen LogP contribution in [-0.4, -0.2) is 31.8 Å². The van der Waals surface area contributed by atoms with Crippen molar-refractivity contribution in [3.63, 3.8) is 0 Å². The average molecular weight is 303 g/mol. The Morgan fingerprint density at radius 2 is 1.95 bits per heavy atom. The van der Waals surface area contributed by atoms with Crippen molar-refractivity contribution in [2.45, 2.75) is 19.1 Å². The van der Waals surface area contributed by atoms with Crippen LogP contribution >= 0.6 is 12.4 Å². The molecular weight excluding hydrogens is 284 g/mol. The highest BCUT2D eigenvalue weighted by molar-refractivity contribution is 5.85. The van der Waals surface area contributed by atoms with Crippen LogP contribution in [0.4, 0.5) is 4.79 Å². The number of amides is 1. The number of esters is 1. The third-order valence-electron chi connectivity index (χ3n) is 2.44. The molecule has 1 aromatic rings. The summed E-state index contributed by atoms with van der Waals surface area (Å²) in [6.07, 6.45) is -0.242. The molecule has 1 unspecified atom stereocenters. The summed E-state index contributed by atoms with van der Waals surface area (Å²) in [5.74, 6) is -0.501. The number of methoxy groups -OCH3 is 1. The fourth-order valence-corrected chi connectivity index (χ4v) is 1.37. The minimum absolute atomic E-state index is 0. The summed E-state index contributed by atoms with van der Waals surface area (Å²) in [4.78, 5) is 22.4. The van der Waals surface area contributed by atoms with Gasteiger partial charge in [-0.3, -0.25) is 4.79 Å². The maximum atomic E-state index is 11.3. The lowest BCUT2D eigenvalue weighted by molar-refractivity contribution is -0.142. The Morgan fingerprint density at radius 3 is 2.55 bits per heavy atom. The van der Waals surface area contributed by atoms with Crippen LogP contribution in [0.2, 0.25) is 0 Å². The van der Waals surface area contributed by atoms with Crippen molar-refractivity contribution >= 4 is 24.5 Å². The van der Waals surface area contributed by atoms with Crippen molar-refractivity contribution in [3.8, 4) is 0 Å². The fraction of sp³-hybridized carbons (Fsp3) is 0.385. The summed E-state index contributed by atoms with van der Waals surface area (Å²) >= 11 is 0. The first kappa shape index (κ1) is 18.2. The van der Waals surface area contributed by atoms with Gasteiger partial charge < -0.3 is 20.5 Å². The monoisotopic (exact) mass is 302 g/mol. The molecule has 1 amide bonds. The van der Waals surface area contributed by atoms with Gasteiger partial charge in [-0.2, -0.15) is 0 Å². The molecule has 0 aliphatic heterocycles. The zero-order chi connectivity index (χ0) is 14.1. The molecule has 1 aromatic carbocycles. The Morgan fingerprint density at radius 1 is 1.30 bits per heavy atom. The molecule has 0 bridgehead atoms. The van der Waals surface area contributed by atoms with Crippen LogP contribution in [0, 0.1) is 0 Å². The van der Waals surface area contributed by atoms with E-state index in [1.807, 2.05) is 30.3 Å². The molecule has 1 atom stereocenters. The van der Waals surface area contributed by atoms with E-state index < -0.39 is 18.1 Å². The summed E-state index contributed by atoms with van der Waals surface area (Å²) in [6, 6.07) is 8.61. The van der Waals surface area contributed by atoms with Crippen LogP contribution in [0.3, 0.4) is 0 Å². The first-order valence-electron chi connectivity index (χ1n) is 5.91. The number of carbonyl (C=O) groups is 2. The smallest absolute Gasteiger partial charge is 0.407 e. The number of nitrogens with one attached hydrogen (secondary N) is 1. The van der Waals surface area contributed by atoms with Gasteiger partial charge in [0.15, 0.2) is 0 Å². The molecular formula is C13H19ClN2O4. The van der Waals surface area contributed by atoms with Gasteiger partial charge in [0.25, 0.3) is 0 Å². The van der Waals surface area contributed by atoms with Crippen LogP contribution in [-0.2, 0) is 20.9 Å². The molecule has 0 fully saturated rings. The Labute approximate surface area is 124 Å². The molecule has 0 radical (unpaired) electrons. The molecule has 6 nitrogen and oxygen atoms in total. The molecule has 112 valence electrons. The molecule has 0 saturated carbocycles. The predicted molar refractivity (Wildman–Crippen MR) is 76.5 cm³/mol. The standard InChI is InChI=1S/C13H18N2O4.ClH/c1-18-12(16)11(14)7-8-15-13(17)19-9-10-5-3-2-4-6-10;/h2-6,11H,7-9,14H2,1H3,(H,15,17);1H. The van der Waals surface area contributed by atoms with Crippen LogP contribution < -0.4 is 11.1 Å². The summed E-state index contributed by atoms with van der Waals surface area (Å²) in [6.45, 7) is 0.458. The Hall–Kier alpha value is -1.79. The second-order valence-electron chi connectivity index (χ2n) is 3.91. The van der Waals surface area contributed by atoms with E-state index in [0.29, 0.717) is 6.42 Å². The minimum Gasteiger partial charge on any atom is -0.468 e. The lowest BCUT2D eigenvalue weighted by atomic mass is 10.2. The summed E-state index contributed by atoms with van der Waals surface area (Å²) < 4.78 is 9.46. The van der Waals surface area contributed by atoms with E-state index in [1.165, 1.54) is 7.11 Å². The number of alkyl carbamates (subject to hydrolysis) is 1. The van der Waals surface area contributed by atoms with E-state index in [1.54, 1.807) is 0 Å². The van der Waals surface area contributed by atoms with E-state index in [0.717, 1.165) is 5.56 Å². The number of hydrogen-bond acceptors (Lipinski definition) is 5. The third-order valence-corrected chi connectivity index (χ3v) is 2.44. The summed E-state index contributed by atoms with van der Waals surface area (Å²) in [7, 11) is 1.27. The van der Waals surface area contributed by atoms with Gasteiger partial charge in [0.05, 0.1) is 7.11 Å². The number of halogens is 1. The SMILES string of the molecule is COC(=O)C(N)CCNC(=O)OCc1ccccc1.Cl. The van der Waals surface area contributed by atoms with Gasteiger partial charge in [-0.25, -0.2) is 4.79 Å². The predicted octanol–water partition coefficient (Wildman–Crippen LogP) is 1.23. The molecule has 20 heavy (non-hydrogen) atoms. The number of carbonyl (C=O) groups excluding carboxylic acids is 2. The lowest BCUT2D eigenvalue weighted by Crippen LogP contribution is -2.36. The van der Waals surface area contributed by atoms with Crippen molar-refractivity contribution in [2.24, 2.45) is 5.73 Å². The highest BCUT2D eigenvalue weighted by atomic mass is 35.5. The van der Waals surface area contributed by atoms with Crippen molar-refractivity contribution in [3.05, 3.63) is 35.9 Å². The molecule has 0 aliphatic carbocycles. The average Bonchev–Trinajstić information content (AvgIpc) is 2.45. The van der Waals surface area contributed by atoms with Gasteiger partial charge in [-0.15, -0.1) is 12.4 Å². The number of ether oxygens (including phenoxy) is 2. The quantitative estimate of drug-likeness (QED) is 0.771. The van der Waals surface area contributed by atoms with Gasteiger partial charge in [0.2, 0.25) is 0 Å². The molecule has 0 aliphatic rings. The highest BCUT2D eigenvalue weighted by Crippen LogP contribution is 2.00. The van der Waals surface area contributed by atoms with Crippen LogP contribution in [0.1, 0.15) is 12.0 Å². The summed E-state index contributed by atoms with van der Waals surface area (Å²) in [5.41, 5.74) is 6.42. The minimum atomic E-state index is -0.737. The zero-order valence-electron chi connectivity index (χ0n) is 11.2. The maximum Gasteiger partial charge on any atom is 0.407 e. The molecule has 1 rings (SSSR count). The van der Waals surface area contributed by atoms with Crippen molar-refractivity contribution < 1.29 is 19.1 Å². The topological polar surface area (TPSA) is 90.6 Å². The molecule has 0 heterocycles. The number of nitrogens with two attached hydrogens (primary N) is 1. The summed E-state index contributed by atoms with van der Waals surface area (Å²) in [5, 5.41) is 2.51. The van der Waals surface area contributed by atoms with Gasteiger partial charge in [-0.05, 0) is 12.0 Å². The molecule has 0 aromatic heterocycles. The zero-order valence-corrected chi connectivity index (χ0v) is 12.0. The Kier molecular flexibility index (Phi) is 9.15. The number of benzene rings is 1.